The Morgan fingerprint density at radius 2 is 1.63 bits per heavy atom. The summed E-state index contributed by atoms with van der Waals surface area (Å²) < 4.78 is 10.5. The van der Waals surface area contributed by atoms with Gasteiger partial charge in [0, 0.05) is 12.3 Å². The van der Waals surface area contributed by atoms with Crippen LogP contribution in [0.15, 0.2) is 48.5 Å². The maximum absolute atomic E-state index is 13.2. The van der Waals surface area contributed by atoms with Gasteiger partial charge in [0.1, 0.15) is 18.7 Å². The number of aromatic amines is 1. The normalized spacial score (nSPS) is 13.8. The number of alkyl carbamates (subject to hydrolysis) is 1. The summed E-state index contributed by atoms with van der Waals surface area (Å²) in [5.74, 6) is -0.672. The van der Waals surface area contributed by atoms with E-state index in [1.54, 1.807) is 0 Å². The maximum Gasteiger partial charge on any atom is 0.407 e. The van der Waals surface area contributed by atoms with Gasteiger partial charge in [-0.15, -0.1) is 10.2 Å². The Balaban J connectivity index is 1.44. The average Bonchev–Trinajstić information content (AvgIpc) is 3.55. The molecule has 0 fully saturated rings. The van der Waals surface area contributed by atoms with Crippen molar-refractivity contribution in [1.82, 2.24) is 31.3 Å². The van der Waals surface area contributed by atoms with Crippen LogP contribution in [0.3, 0.4) is 0 Å². The zero-order valence-corrected chi connectivity index (χ0v) is 21.6. The van der Waals surface area contributed by atoms with Gasteiger partial charge in [0.05, 0.1) is 7.11 Å². The van der Waals surface area contributed by atoms with Crippen molar-refractivity contribution in [1.29, 1.82) is 0 Å². The van der Waals surface area contributed by atoms with Crippen LogP contribution in [0, 0.1) is 5.92 Å². The lowest BCUT2D eigenvalue weighted by atomic mass is 9.98. The summed E-state index contributed by atoms with van der Waals surface area (Å²) in [5.41, 5.74) is 4.41. The highest BCUT2D eigenvalue weighted by Gasteiger charge is 2.31. The number of hydrogen-bond donors (Lipinski definition) is 3. The zero-order chi connectivity index (χ0) is 27.1. The standard InChI is InChI=1S/C27H32N6O5/c1-16(2)14-23(26(35)37-3)28-25(34)22(12-13-24-30-32-33-31-24)29-27(36)38-15-21-19-10-6-4-8-17(19)18-9-5-7-11-20(18)21/h4-11,16,21-23H,12-15H2,1-3H3,(H,28,34)(H,29,36)(H,30,31,32,33)/t22-,23-/m0/s1. The minimum absolute atomic E-state index is 0.108. The van der Waals surface area contributed by atoms with Crippen molar-refractivity contribution in [2.24, 2.45) is 5.92 Å². The highest BCUT2D eigenvalue weighted by Crippen LogP contribution is 2.44. The lowest BCUT2D eigenvalue weighted by Gasteiger charge is -2.23. The number of esters is 1. The van der Waals surface area contributed by atoms with E-state index in [1.807, 2.05) is 50.2 Å². The van der Waals surface area contributed by atoms with Gasteiger partial charge < -0.3 is 20.1 Å². The van der Waals surface area contributed by atoms with E-state index in [2.05, 4.69) is 43.4 Å². The van der Waals surface area contributed by atoms with E-state index >= 15 is 0 Å². The average molecular weight is 521 g/mol. The highest BCUT2D eigenvalue weighted by molar-refractivity contribution is 5.89. The highest BCUT2D eigenvalue weighted by atomic mass is 16.5. The number of hydrogen-bond acceptors (Lipinski definition) is 8. The summed E-state index contributed by atoms with van der Waals surface area (Å²) in [7, 11) is 1.27. The molecule has 1 aliphatic rings. The topological polar surface area (TPSA) is 148 Å². The number of H-pyrrole nitrogens is 1. The summed E-state index contributed by atoms with van der Waals surface area (Å²) >= 11 is 0. The molecule has 0 unspecified atom stereocenters. The van der Waals surface area contributed by atoms with Gasteiger partial charge in [0.15, 0.2) is 5.82 Å². The fourth-order valence-corrected chi connectivity index (χ4v) is 4.71. The molecule has 1 aliphatic carbocycles. The third-order valence-corrected chi connectivity index (χ3v) is 6.51. The Morgan fingerprint density at radius 1 is 0.974 bits per heavy atom. The number of nitrogens with zero attached hydrogens (tertiary/aromatic N) is 3. The van der Waals surface area contributed by atoms with Crippen molar-refractivity contribution in [3.63, 3.8) is 0 Å². The Kier molecular flexibility index (Phi) is 8.67. The molecule has 11 nitrogen and oxygen atoms in total. The molecule has 0 saturated carbocycles. The fourth-order valence-electron chi connectivity index (χ4n) is 4.71. The molecule has 3 N–H and O–H groups in total. The number of fused-ring (bicyclic) bond motifs is 3. The predicted molar refractivity (Wildman–Crippen MR) is 138 cm³/mol. The molecule has 0 spiro atoms. The minimum Gasteiger partial charge on any atom is -0.467 e. The molecular formula is C27H32N6O5. The van der Waals surface area contributed by atoms with E-state index in [0.29, 0.717) is 12.2 Å². The molecule has 0 saturated heterocycles. The van der Waals surface area contributed by atoms with Gasteiger partial charge in [-0.1, -0.05) is 67.6 Å². The first-order chi connectivity index (χ1) is 18.4. The van der Waals surface area contributed by atoms with Gasteiger partial charge in [-0.3, -0.25) is 4.79 Å². The number of carbonyl (C=O) groups is 3. The molecule has 2 aromatic carbocycles. The van der Waals surface area contributed by atoms with Crippen molar-refractivity contribution < 1.29 is 23.9 Å². The molecule has 38 heavy (non-hydrogen) atoms. The number of aromatic nitrogens is 4. The molecule has 0 bridgehead atoms. The smallest absolute Gasteiger partial charge is 0.407 e. The first kappa shape index (κ1) is 26.8. The van der Waals surface area contributed by atoms with Gasteiger partial charge in [0.2, 0.25) is 5.91 Å². The van der Waals surface area contributed by atoms with E-state index in [4.69, 9.17) is 9.47 Å². The number of carbonyl (C=O) groups excluding carboxylic acids is 3. The van der Waals surface area contributed by atoms with Crippen LogP contribution in [0.1, 0.15) is 49.6 Å². The van der Waals surface area contributed by atoms with Crippen molar-refractivity contribution >= 4 is 18.0 Å². The van der Waals surface area contributed by atoms with Crippen LogP contribution in [0.4, 0.5) is 4.79 Å². The van der Waals surface area contributed by atoms with Crippen molar-refractivity contribution in [2.45, 2.75) is 51.1 Å². The first-order valence-electron chi connectivity index (χ1n) is 12.6. The van der Waals surface area contributed by atoms with Crippen molar-refractivity contribution in [3.05, 3.63) is 65.5 Å². The second-order valence-electron chi connectivity index (χ2n) is 9.60. The summed E-state index contributed by atoms with van der Waals surface area (Å²) in [5, 5.41) is 19.1. The number of ether oxygens (including phenoxy) is 2. The van der Waals surface area contributed by atoms with Gasteiger partial charge in [-0.05, 0) is 41.0 Å². The molecule has 1 heterocycles. The summed E-state index contributed by atoms with van der Waals surface area (Å²) in [6, 6.07) is 14.2. The Morgan fingerprint density at radius 3 is 2.21 bits per heavy atom. The first-order valence-corrected chi connectivity index (χ1v) is 12.6. The number of amides is 2. The Hall–Kier alpha value is -4.28. The van der Waals surface area contributed by atoms with E-state index in [0.717, 1.165) is 22.3 Å². The summed E-state index contributed by atoms with van der Waals surface area (Å²) in [6.07, 6.45) is 0.0933. The molecule has 11 heteroatoms. The van der Waals surface area contributed by atoms with E-state index in [1.165, 1.54) is 7.11 Å². The van der Waals surface area contributed by atoms with Crippen LogP contribution in [-0.4, -0.2) is 64.4 Å². The molecule has 2 amide bonds. The second-order valence-corrected chi connectivity index (χ2v) is 9.60. The number of benzene rings is 2. The zero-order valence-electron chi connectivity index (χ0n) is 21.6. The van der Waals surface area contributed by atoms with Crippen LogP contribution in [-0.2, 0) is 25.5 Å². The molecular weight excluding hydrogens is 488 g/mol. The second kappa shape index (κ2) is 12.3. The van der Waals surface area contributed by atoms with Crippen molar-refractivity contribution in [2.75, 3.05) is 13.7 Å². The van der Waals surface area contributed by atoms with Gasteiger partial charge in [0.25, 0.3) is 0 Å². The fraction of sp³-hybridized carbons (Fsp3) is 0.407. The molecule has 200 valence electrons. The van der Waals surface area contributed by atoms with Crippen LogP contribution >= 0.6 is 0 Å². The molecule has 0 aliphatic heterocycles. The number of aryl methyl sites for hydroxylation is 1. The minimum atomic E-state index is -0.997. The van der Waals surface area contributed by atoms with Gasteiger partial charge in [-0.2, -0.15) is 5.21 Å². The number of tetrazole rings is 1. The molecule has 0 radical (unpaired) electrons. The number of methoxy groups -OCH3 is 1. The predicted octanol–water partition coefficient (Wildman–Crippen LogP) is 2.74. The largest absolute Gasteiger partial charge is 0.467 e. The molecule has 3 aromatic rings. The van der Waals surface area contributed by atoms with Crippen LogP contribution in [0.2, 0.25) is 0 Å². The number of nitrogens with one attached hydrogen (secondary N) is 3. The third kappa shape index (κ3) is 6.34. The van der Waals surface area contributed by atoms with E-state index in [9.17, 15) is 14.4 Å². The van der Waals surface area contributed by atoms with Crippen molar-refractivity contribution in [3.8, 4) is 11.1 Å². The lowest BCUT2D eigenvalue weighted by molar-refractivity contribution is -0.145. The quantitative estimate of drug-likeness (QED) is 0.327. The summed E-state index contributed by atoms with van der Waals surface area (Å²) in [4.78, 5) is 38.3. The summed E-state index contributed by atoms with van der Waals surface area (Å²) in [6.45, 7) is 3.98. The van der Waals surface area contributed by atoms with Crippen LogP contribution < -0.4 is 10.6 Å². The molecule has 4 rings (SSSR count). The monoisotopic (exact) mass is 520 g/mol. The Bertz CT molecular complexity index is 1220. The third-order valence-electron chi connectivity index (χ3n) is 6.51. The van der Waals surface area contributed by atoms with Crippen LogP contribution in [0.25, 0.3) is 11.1 Å². The SMILES string of the molecule is COC(=O)[C@H](CC(C)C)NC(=O)[C@H](CCc1nn[nH]n1)NC(=O)OCC1c2ccccc2-c2ccccc21. The molecule has 1 aromatic heterocycles. The van der Waals surface area contributed by atoms with E-state index < -0.39 is 30.1 Å². The van der Waals surface area contributed by atoms with Gasteiger partial charge in [-0.25, -0.2) is 9.59 Å². The number of rotatable bonds is 11. The van der Waals surface area contributed by atoms with E-state index in [-0.39, 0.29) is 31.3 Å². The van der Waals surface area contributed by atoms with Gasteiger partial charge >= 0.3 is 12.1 Å². The van der Waals surface area contributed by atoms with Crippen LogP contribution in [0.5, 0.6) is 0 Å². The Labute approximate surface area is 220 Å². The lowest BCUT2D eigenvalue weighted by Crippen LogP contribution is -2.52. The maximum atomic E-state index is 13.2. The molecule has 2 atom stereocenters.